The maximum atomic E-state index is 2.41. The van der Waals surface area contributed by atoms with Crippen molar-refractivity contribution in [2.24, 2.45) is 0 Å². The second-order valence-corrected chi connectivity index (χ2v) is 10.3. The Morgan fingerprint density at radius 3 is 1.85 bits per heavy atom. The van der Waals surface area contributed by atoms with E-state index in [-0.39, 0.29) is 0 Å². The molecule has 40 heavy (non-hydrogen) atoms. The Kier molecular flexibility index (Phi) is 6.11. The van der Waals surface area contributed by atoms with Crippen LogP contribution in [0.25, 0.3) is 43.8 Å². The molecule has 190 valence electrons. The summed E-state index contributed by atoms with van der Waals surface area (Å²) >= 11 is 0. The fraction of sp³-hybridized carbons (Fsp3) is 0.0256. The second kappa shape index (κ2) is 10.2. The van der Waals surface area contributed by atoms with E-state index in [0.717, 1.165) is 17.1 Å². The molecule has 0 fully saturated rings. The molecule has 0 N–H and O–H groups in total. The molecule has 0 saturated carbocycles. The lowest BCUT2D eigenvalue weighted by atomic mass is 9.91. The number of rotatable bonds is 5. The Labute approximate surface area is 235 Å². The fourth-order valence-electron chi connectivity index (χ4n) is 5.75. The molecule has 7 rings (SSSR count). The number of hydrogen-bond donors (Lipinski definition) is 0. The third-order valence-electron chi connectivity index (χ3n) is 7.71. The van der Waals surface area contributed by atoms with Crippen LogP contribution in [-0.2, 0) is 0 Å². The third kappa shape index (κ3) is 4.32. The van der Waals surface area contributed by atoms with Crippen molar-refractivity contribution >= 4 is 38.6 Å². The summed E-state index contributed by atoms with van der Waals surface area (Å²) in [7, 11) is 0. The van der Waals surface area contributed by atoms with Gasteiger partial charge in [-0.05, 0) is 75.5 Å². The van der Waals surface area contributed by atoms with E-state index < -0.39 is 0 Å². The summed E-state index contributed by atoms with van der Waals surface area (Å²) < 4.78 is 0. The van der Waals surface area contributed by atoms with E-state index in [4.69, 9.17) is 0 Å². The summed E-state index contributed by atoms with van der Waals surface area (Å²) in [6.07, 6.45) is 0. The maximum Gasteiger partial charge on any atom is 0.0546 e. The van der Waals surface area contributed by atoms with E-state index in [1.165, 1.54) is 49.4 Å². The first-order valence-corrected chi connectivity index (χ1v) is 13.8. The van der Waals surface area contributed by atoms with E-state index in [0.29, 0.717) is 0 Å². The van der Waals surface area contributed by atoms with Gasteiger partial charge in [0.05, 0.1) is 5.69 Å². The van der Waals surface area contributed by atoms with Gasteiger partial charge >= 0.3 is 0 Å². The Morgan fingerprint density at radius 1 is 0.425 bits per heavy atom. The zero-order valence-corrected chi connectivity index (χ0v) is 22.5. The zero-order chi connectivity index (χ0) is 26.9. The smallest absolute Gasteiger partial charge is 0.0546 e. The number of aryl methyl sites for hydroxylation is 1. The molecule has 0 heterocycles. The van der Waals surface area contributed by atoms with E-state index in [1.807, 2.05) is 0 Å². The Morgan fingerprint density at radius 2 is 1.05 bits per heavy atom. The molecule has 0 aliphatic rings. The molecule has 0 radical (unpaired) electrons. The quantitative estimate of drug-likeness (QED) is 0.222. The summed E-state index contributed by atoms with van der Waals surface area (Å²) in [6, 6.07) is 56.9. The predicted molar refractivity (Wildman–Crippen MR) is 172 cm³/mol. The minimum absolute atomic E-state index is 1.13. The number of benzene rings is 7. The van der Waals surface area contributed by atoms with Crippen LogP contribution < -0.4 is 4.90 Å². The van der Waals surface area contributed by atoms with Crippen molar-refractivity contribution in [3.8, 4) is 22.3 Å². The van der Waals surface area contributed by atoms with Crippen LogP contribution >= 0.6 is 0 Å². The van der Waals surface area contributed by atoms with E-state index >= 15 is 0 Å². The van der Waals surface area contributed by atoms with Crippen molar-refractivity contribution in [1.29, 1.82) is 0 Å². The van der Waals surface area contributed by atoms with Crippen molar-refractivity contribution in [3.05, 3.63) is 163 Å². The van der Waals surface area contributed by atoms with Crippen LogP contribution in [-0.4, -0.2) is 0 Å². The van der Waals surface area contributed by atoms with Gasteiger partial charge in [-0.1, -0.05) is 133 Å². The summed E-state index contributed by atoms with van der Waals surface area (Å²) in [5, 5.41) is 4.97. The number of hydrogen-bond acceptors (Lipinski definition) is 1. The lowest BCUT2D eigenvalue weighted by molar-refractivity contribution is 1.28. The maximum absolute atomic E-state index is 2.41. The monoisotopic (exact) mass is 511 g/mol. The first kappa shape index (κ1) is 23.9. The van der Waals surface area contributed by atoms with Gasteiger partial charge in [0.15, 0.2) is 0 Å². The highest BCUT2D eigenvalue weighted by molar-refractivity contribution is 6.11. The molecule has 7 aromatic rings. The minimum atomic E-state index is 1.13. The lowest BCUT2D eigenvalue weighted by Gasteiger charge is -2.29. The Hall–Kier alpha value is -5.14. The molecule has 0 bridgehead atoms. The molecule has 0 amide bonds. The van der Waals surface area contributed by atoms with Crippen molar-refractivity contribution < 1.29 is 0 Å². The Bertz CT molecular complexity index is 1950. The molecule has 1 nitrogen and oxygen atoms in total. The van der Waals surface area contributed by atoms with Crippen molar-refractivity contribution in [2.75, 3.05) is 4.90 Å². The highest BCUT2D eigenvalue weighted by atomic mass is 15.1. The number of anilines is 3. The fourth-order valence-corrected chi connectivity index (χ4v) is 5.75. The molecule has 1 heteroatoms. The van der Waals surface area contributed by atoms with Crippen molar-refractivity contribution in [2.45, 2.75) is 6.92 Å². The molecule has 0 spiro atoms. The average molecular weight is 512 g/mol. The van der Waals surface area contributed by atoms with Crippen LogP contribution in [0, 0.1) is 6.92 Å². The van der Waals surface area contributed by atoms with E-state index in [2.05, 4.69) is 170 Å². The van der Waals surface area contributed by atoms with Crippen LogP contribution in [0.15, 0.2) is 158 Å². The average Bonchev–Trinajstić information content (AvgIpc) is 3.02. The van der Waals surface area contributed by atoms with Gasteiger partial charge in [-0.3, -0.25) is 0 Å². The minimum Gasteiger partial charge on any atom is -0.310 e. The highest BCUT2D eigenvalue weighted by Crippen LogP contribution is 2.46. The predicted octanol–water partition coefficient (Wildman–Crippen LogP) is 11.1. The second-order valence-electron chi connectivity index (χ2n) is 10.3. The first-order valence-electron chi connectivity index (χ1n) is 13.8. The molecular formula is C39H29N. The van der Waals surface area contributed by atoms with Crippen LogP contribution in [0.5, 0.6) is 0 Å². The number of nitrogens with zero attached hydrogens (tertiary/aromatic N) is 1. The van der Waals surface area contributed by atoms with Gasteiger partial charge in [-0.15, -0.1) is 0 Å². The third-order valence-corrected chi connectivity index (χ3v) is 7.71. The van der Waals surface area contributed by atoms with Crippen LogP contribution in [0.4, 0.5) is 17.1 Å². The van der Waals surface area contributed by atoms with Crippen LogP contribution in [0.2, 0.25) is 0 Å². The zero-order valence-electron chi connectivity index (χ0n) is 22.5. The van der Waals surface area contributed by atoms with Crippen LogP contribution in [0.1, 0.15) is 5.56 Å². The summed E-state index contributed by atoms with van der Waals surface area (Å²) in [5.74, 6) is 0. The van der Waals surface area contributed by atoms with Gasteiger partial charge in [-0.2, -0.15) is 0 Å². The van der Waals surface area contributed by atoms with Crippen LogP contribution in [0.3, 0.4) is 0 Å². The molecular weight excluding hydrogens is 482 g/mol. The first-order chi connectivity index (χ1) is 19.8. The van der Waals surface area contributed by atoms with E-state index in [1.54, 1.807) is 0 Å². The molecule has 0 aliphatic carbocycles. The van der Waals surface area contributed by atoms with Gasteiger partial charge < -0.3 is 4.90 Å². The summed E-state index contributed by atoms with van der Waals surface area (Å²) in [4.78, 5) is 2.41. The normalized spacial score (nSPS) is 11.1. The number of fused-ring (bicyclic) bond motifs is 2. The van der Waals surface area contributed by atoms with E-state index in [9.17, 15) is 0 Å². The topological polar surface area (TPSA) is 3.24 Å². The van der Waals surface area contributed by atoms with Gasteiger partial charge in [0.1, 0.15) is 0 Å². The van der Waals surface area contributed by atoms with Gasteiger partial charge in [-0.25, -0.2) is 0 Å². The molecule has 7 aromatic carbocycles. The Balaban J connectivity index is 1.55. The van der Waals surface area contributed by atoms with Gasteiger partial charge in [0, 0.05) is 16.9 Å². The lowest BCUT2D eigenvalue weighted by Crippen LogP contribution is -2.11. The molecule has 0 atom stereocenters. The van der Waals surface area contributed by atoms with Gasteiger partial charge in [0.25, 0.3) is 0 Å². The summed E-state index contributed by atoms with van der Waals surface area (Å²) in [6.45, 7) is 2.14. The standard InChI is InChI=1S/C39H29N/c1-28-21-24-33(25-22-28)40(34-17-9-16-32(27-34)29-11-3-2-4-12-29)38-26-23-31-14-6-8-19-36(31)39(38)37-20-10-15-30-13-5-7-18-35(30)37/h2-27H,1H3. The molecule has 0 saturated heterocycles. The highest BCUT2D eigenvalue weighted by Gasteiger charge is 2.21. The molecule has 0 aliphatic heterocycles. The SMILES string of the molecule is Cc1ccc(N(c2cccc(-c3ccccc3)c2)c2ccc3ccccc3c2-c2cccc3ccccc23)cc1. The van der Waals surface area contributed by atoms with Crippen molar-refractivity contribution in [3.63, 3.8) is 0 Å². The van der Waals surface area contributed by atoms with Crippen molar-refractivity contribution in [1.82, 2.24) is 0 Å². The molecule has 0 aromatic heterocycles. The largest absolute Gasteiger partial charge is 0.310 e. The van der Waals surface area contributed by atoms with Gasteiger partial charge in [0.2, 0.25) is 0 Å². The molecule has 0 unspecified atom stereocenters. The summed E-state index contributed by atoms with van der Waals surface area (Å²) in [5.41, 5.74) is 9.54.